The first-order valence-electron chi connectivity index (χ1n) is 8.31. The van der Waals surface area contributed by atoms with Gasteiger partial charge in [-0.05, 0) is 41.5 Å². The Balaban J connectivity index is 2.61. The fourth-order valence-corrected chi connectivity index (χ4v) is 3.28. The summed E-state index contributed by atoms with van der Waals surface area (Å²) in [6.45, 7) is 10.1. The number of phenolic OH excluding ortho intramolecular Hbond substituents is 1. The van der Waals surface area contributed by atoms with Crippen LogP contribution >= 0.6 is 11.8 Å². The first-order valence-corrected chi connectivity index (χ1v) is 9.47. The maximum atomic E-state index is 11.8. The quantitative estimate of drug-likeness (QED) is 0.534. The zero-order chi connectivity index (χ0) is 19.2. The van der Waals surface area contributed by atoms with Crippen LogP contribution in [0, 0.1) is 13.8 Å². The monoisotopic (exact) mass is 368 g/mol. The zero-order valence-corrected chi connectivity index (χ0v) is 16.5. The van der Waals surface area contributed by atoms with Gasteiger partial charge in [0.2, 0.25) is 0 Å². The van der Waals surface area contributed by atoms with Crippen molar-refractivity contribution in [1.29, 1.82) is 0 Å². The summed E-state index contributed by atoms with van der Waals surface area (Å²) in [5.41, 5.74) is 3.28. The van der Waals surface area contributed by atoms with Gasteiger partial charge in [0, 0.05) is 11.5 Å². The standard InChI is InChI=1S/C19H28O5S/c1-12-10-15(19(3,4)5)18(23)13(2)14(12)11-24-17(22)7-9-25-8-6-16(20)21/h10,23H,6-9,11H2,1-5H3,(H,20,21). The Morgan fingerprint density at radius 3 is 2.32 bits per heavy atom. The average molecular weight is 368 g/mol. The number of rotatable bonds is 8. The molecule has 0 bridgehead atoms. The number of hydrogen-bond acceptors (Lipinski definition) is 5. The minimum atomic E-state index is -0.834. The Morgan fingerprint density at radius 1 is 1.16 bits per heavy atom. The molecular weight excluding hydrogens is 340 g/mol. The second-order valence-electron chi connectivity index (χ2n) is 7.11. The van der Waals surface area contributed by atoms with Gasteiger partial charge in [0.25, 0.3) is 0 Å². The first-order chi connectivity index (χ1) is 11.5. The number of esters is 1. The topological polar surface area (TPSA) is 83.8 Å². The molecule has 140 valence electrons. The van der Waals surface area contributed by atoms with E-state index >= 15 is 0 Å². The normalized spacial score (nSPS) is 11.4. The second kappa shape index (κ2) is 9.13. The molecule has 0 spiro atoms. The Morgan fingerprint density at radius 2 is 1.76 bits per heavy atom. The minimum Gasteiger partial charge on any atom is -0.507 e. The largest absolute Gasteiger partial charge is 0.507 e. The first kappa shape index (κ1) is 21.4. The van der Waals surface area contributed by atoms with E-state index in [0.29, 0.717) is 11.5 Å². The van der Waals surface area contributed by atoms with Crippen LogP contribution < -0.4 is 0 Å². The smallest absolute Gasteiger partial charge is 0.306 e. The number of phenols is 1. The summed E-state index contributed by atoms with van der Waals surface area (Å²) in [6.07, 6.45) is 0.339. The van der Waals surface area contributed by atoms with Crippen molar-refractivity contribution >= 4 is 23.7 Å². The molecule has 0 aliphatic carbocycles. The number of ether oxygens (including phenoxy) is 1. The van der Waals surface area contributed by atoms with Gasteiger partial charge in [-0.25, -0.2) is 0 Å². The van der Waals surface area contributed by atoms with Crippen molar-refractivity contribution in [3.05, 3.63) is 28.3 Å². The maximum absolute atomic E-state index is 11.8. The number of carbonyl (C=O) groups excluding carboxylic acids is 1. The van der Waals surface area contributed by atoms with Crippen molar-refractivity contribution in [1.82, 2.24) is 0 Å². The van der Waals surface area contributed by atoms with E-state index in [1.165, 1.54) is 11.8 Å². The molecular formula is C19H28O5S. The number of carbonyl (C=O) groups is 2. The highest BCUT2D eigenvalue weighted by Gasteiger charge is 2.22. The third-order valence-corrected chi connectivity index (χ3v) is 4.98. The molecule has 0 saturated carbocycles. The van der Waals surface area contributed by atoms with E-state index in [2.05, 4.69) is 0 Å². The van der Waals surface area contributed by atoms with E-state index in [0.717, 1.165) is 22.3 Å². The molecule has 25 heavy (non-hydrogen) atoms. The molecule has 0 heterocycles. The number of aliphatic carboxylic acids is 1. The van der Waals surface area contributed by atoms with Crippen molar-refractivity contribution < 1.29 is 24.5 Å². The fraction of sp³-hybridized carbons (Fsp3) is 0.579. The predicted molar refractivity (Wildman–Crippen MR) is 100 cm³/mol. The summed E-state index contributed by atoms with van der Waals surface area (Å²) in [5.74, 6) is 0.135. The number of aryl methyl sites for hydroxylation is 1. The van der Waals surface area contributed by atoms with Gasteiger partial charge in [-0.3, -0.25) is 9.59 Å². The number of thioether (sulfide) groups is 1. The van der Waals surface area contributed by atoms with Crippen molar-refractivity contribution in [2.75, 3.05) is 11.5 Å². The summed E-state index contributed by atoms with van der Waals surface area (Å²) in [4.78, 5) is 22.2. The molecule has 0 unspecified atom stereocenters. The predicted octanol–water partition coefficient (Wildman–Crippen LogP) is 3.95. The van der Waals surface area contributed by atoms with Crippen LogP contribution in [0.5, 0.6) is 5.75 Å². The van der Waals surface area contributed by atoms with E-state index in [9.17, 15) is 14.7 Å². The van der Waals surface area contributed by atoms with E-state index in [1.807, 2.05) is 40.7 Å². The fourth-order valence-electron chi connectivity index (χ4n) is 2.45. The summed E-state index contributed by atoms with van der Waals surface area (Å²) < 4.78 is 5.32. The molecule has 1 aromatic carbocycles. The lowest BCUT2D eigenvalue weighted by atomic mass is 9.83. The van der Waals surface area contributed by atoms with Gasteiger partial charge in [0.05, 0.1) is 12.8 Å². The van der Waals surface area contributed by atoms with Crippen LogP contribution in [0.2, 0.25) is 0 Å². The minimum absolute atomic E-state index is 0.0947. The highest BCUT2D eigenvalue weighted by Crippen LogP contribution is 2.36. The lowest BCUT2D eigenvalue weighted by Crippen LogP contribution is -2.14. The lowest BCUT2D eigenvalue weighted by molar-refractivity contribution is -0.144. The van der Waals surface area contributed by atoms with Crippen LogP contribution in [0.15, 0.2) is 6.07 Å². The number of carboxylic acid groups (broad SMARTS) is 1. The lowest BCUT2D eigenvalue weighted by Gasteiger charge is -2.24. The molecule has 0 aromatic heterocycles. The van der Waals surface area contributed by atoms with Crippen LogP contribution in [-0.4, -0.2) is 33.7 Å². The van der Waals surface area contributed by atoms with Crippen LogP contribution in [0.1, 0.15) is 55.9 Å². The zero-order valence-electron chi connectivity index (χ0n) is 15.6. The van der Waals surface area contributed by atoms with Crippen LogP contribution in [0.3, 0.4) is 0 Å². The van der Waals surface area contributed by atoms with Gasteiger partial charge in [-0.1, -0.05) is 26.8 Å². The van der Waals surface area contributed by atoms with Crippen molar-refractivity contribution in [3.8, 4) is 5.75 Å². The van der Waals surface area contributed by atoms with Crippen molar-refractivity contribution in [2.24, 2.45) is 0 Å². The molecule has 2 N–H and O–H groups in total. The molecule has 5 nitrogen and oxygen atoms in total. The SMILES string of the molecule is Cc1cc(C(C)(C)C)c(O)c(C)c1COC(=O)CCSCCC(=O)O. The average Bonchev–Trinajstić information content (AvgIpc) is 2.49. The van der Waals surface area contributed by atoms with Crippen LogP contribution in [0.25, 0.3) is 0 Å². The molecule has 0 aliphatic heterocycles. The van der Waals surface area contributed by atoms with E-state index < -0.39 is 5.97 Å². The van der Waals surface area contributed by atoms with Crippen LogP contribution in [0.4, 0.5) is 0 Å². The molecule has 6 heteroatoms. The van der Waals surface area contributed by atoms with Crippen molar-refractivity contribution in [3.63, 3.8) is 0 Å². The third kappa shape index (κ3) is 6.61. The van der Waals surface area contributed by atoms with E-state index in [1.54, 1.807) is 0 Å². The molecule has 0 atom stereocenters. The Kier molecular flexibility index (Phi) is 7.80. The number of benzene rings is 1. The number of aromatic hydroxyl groups is 1. The van der Waals surface area contributed by atoms with Gasteiger partial charge < -0.3 is 14.9 Å². The Labute approximate surface area is 153 Å². The van der Waals surface area contributed by atoms with Gasteiger partial charge in [0.1, 0.15) is 12.4 Å². The number of carboxylic acids is 1. The highest BCUT2D eigenvalue weighted by atomic mass is 32.2. The maximum Gasteiger partial charge on any atom is 0.306 e. The molecule has 0 radical (unpaired) electrons. The van der Waals surface area contributed by atoms with E-state index in [-0.39, 0.29) is 36.6 Å². The molecule has 0 amide bonds. The summed E-state index contributed by atoms with van der Waals surface area (Å²) >= 11 is 1.42. The molecule has 1 rings (SSSR count). The summed E-state index contributed by atoms with van der Waals surface area (Å²) in [5, 5.41) is 19.0. The van der Waals surface area contributed by atoms with Gasteiger partial charge in [0.15, 0.2) is 0 Å². The number of hydrogen-bond donors (Lipinski definition) is 2. The molecule has 1 aromatic rings. The van der Waals surface area contributed by atoms with Crippen molar-refractivity contribution in [2.45, 2.75) is 59.5 Å². The summed E-state index contributed by atoms with van der Waals surface area (Å²) in [6, 6.07) is 1.95. The molecule has 0 aliphatic rings. The molecule has 0 fully saturated rings. The van der Waals surface area contributed by atoms with Gasteiger partial charge >= 0.3 is 11.9 Å². The second-order valence-corrected chi connectivity index (χ2v) is 8.33. The van der Waals surface area contributed by atoms with E-state index in [4.69, 9.17) is 9.84 Å². The Bertz CT molecular complexity index is 632. The molecule has 0 saturated heterocycles. The van der Waals surface area contributed by atoms with Gasteiger partial charge in [-0.15, -0.1) is 0 Å². The Hall–Kier alpha value is -1.69. The third-order valence-electron chi connectivity index (χ3n) is 4.00. The highest BCUT2D eigenvalue weighted by molar-refractivity contribution is 7.99. The van der Waals surface area contributed by atoms with Gasteiger partial charge in [-0.2, -0.15) is 11.8 Å². The summed E-state index contributed by atoms with van der Waals surface area (Å²) in [7, 11) is 0. The van der Waals surface area contributed by atoms with Crippen LogP contribution in [-0.2, 0) is 26.3 Å².